The molecule has 0 aliphatic carbocycles. The first-order valence-corrected chi connectivity index (χ1v) is 9.67. The largest absolute Gasteiger partial charge is 0.351 e. The van der Waals surface area contributed by atoms with Crippen LogP contribution in [0.2, 0.25) is 0 Å². The highest BCUT2D eigenvalue weighted by molar-refractivity contribution is 7.99. The van der Waals surface area contributed by atoms with E-state index < -0.39 is 0 Å². The van der Waals surface area contributed by atoms with Crippen molar-refractivity contribution in [2.45, 2.75) is 31.1 Å². The minimum atomic E-state index is -0.0772. The fraction of sp³-hybridized carbons (Fsp3) is 0.556. The molecule has 1 aromatic rings. The Morgan fingerprint density at radius 2 is 2.17 bits per heavy atom. The smallest absolute Gasteiger partial charge is 0.251 e. The Hall–Kier alpha value is -1.53. The fourth-order valence-corrected chi connectivity index (χ4v) is 4.01. The van der Waals surface area contributed by atoms with Crippen LogP contribution in [0.3, 0.4) is 0 Å². The molecule has 0 aromatic heterocycles. The predicted molar refractivity (Wildman–Crippen MR) is 97.6 cm³/mol. The summed E-state index contributed by atoms with van der Waals surface area (Å²) in [5.41, 5.74) is 1.35. The summed E-state index contributed by atoms with van der Waals surface area (Å²) in [6.07, 6.45) is 3.00. The molecule has 2 aliphatic rings. The van der Waals surface area contributed by atoms with Crippen LogP contribution in [0.5, 0.6) is 0 Å². The number of thioether (sulfide) groups is 1. The van der Waals surface area contributed by atoms with E-state index in [1.165, 1.54) is 12.8 Å². The van der Waals surface area contributed by atoms with Crippen molar-refractivity contribution in [2.24, 2.45) is 5.92 Å². The van der Waals surface area contributed by atoms with E-state index in [4.69, 9.17) is 0 Å². The van der Waals surface area contributed by atoms with E-state index in [-0.39, 0.29) is 11.8 Å². The number of hydrogen-bond donors (Lipinski definition) is 2. The number of carbonyl (C=O) groups is 2. The summed E-state index contributed by atoms with van der Waals surface area (Å²) in [5, 5.41) is 5.87. The van der Waals surface area contributed by atoms with Crippen LogP contribution in [0.25, 0.3) is 0 Å². The van der Waals surface area contributed by atoms with E-state index in [2.05, 4.69) is 22.5 Å². The van der Waals surface area contributed by atoms with Gasteiger partial charge in [-0.05, 0) is 50.0 Å². The van der Waals surface area contributed by atoms with Crippen LogP contribution in [-0.4, -0.2) is 48.6 Å². The van der Waals surface area contributed by atoms with Crippen molar-refractivity contribution in [3.05, 3.63) is 23.8 Å². The normalized spacial score (nSPS) is 19.3. The summed E-state index contributed by atoms with van der Waals surface area (Å²) in [6.45, 7) is 6.11. The summed E-state index contributed by atoms with van der Waals surface area (Å²) in [6, 6.07) is 5.54. The number of nitrogens with zero attached hydrogens (tertiary/aromatic N) is 1. The predicted octanol–water partition coefficient (Wildman–Crippen LogP) is 2.58. The quantitative estimate of drug-likeness (QED) is 0.879. The van der Waals surface area contributed by atoms with Gasteiger partial charge in [0.25, 0.3) is 5.91 Å². The second-order valence-corrected chi connectivity index (χ2v) is 7.77. The molecule has 6 heteroatoms. The van der Waals surface area contributed by atoms with Crippen LogP contribution in [0.4, 0.5) is 5.69 Å². The van der Waals surface area contributed by atoms with Gasteiger partial charge in [-0.2, -0.15) is 0 Å². The molecule has 0 unspecified atom stereocenters. The molecule has 24 heavy (non-hydrogen) atoms. The van der Waals surface area contributed by atoms with E-state index in [1.807, 2.05) is 12.1 Å². The molecule has 0 radical (unpaired) electrons. The first-order chi connectivity index (χ1) is 11.6. The molecule has 1 saturated heterocycles. The molecule has 2 N–H and O–H groups in total. The molecular weight excluding hydrogens is 322 g/mol. The van der Waals surface area contributed by atoms with Gasteiger partial charge >= 0.3 is 0 Å². The lowest BCUT2D eigenvalue weighted by Gasteiger charge is -2.30. The van der Waals surface area contributed by atoms with Crippen LogP contribution >= 0.6 is 11.8 Å². The van der Waals surface area contributed by atoms with E-state index >= 15 is 0 Å². The maximum Gasteiger partial charge on any atom is 0.251 e. The molecule has 2 amide bonds. The SMILES string of the molecule is CC1CCN(CCNC(=O)c2ccc3c(c2)NC(=O)CCS3)CC1. The Balaban J connectivity index is 1.52. The number of nitrogens with one attached hydrogen (secondary N) is 2. The maximum atomic E-state index is 12.3. The number of carbonyl (C=O) groups excluding carboxylic acids is 2. The zero-order valence-electron chi connectivity index (χ0n) is 14.1. The molecule has 1 aromatic carbocycles. The summed E-state index contributed by atoms with van der Waals surface area (Å²) < 4.78 is 0. The molecule has 3 rings (SSSR count). The number of amides is 2. The van der Waals surface area contributed by atoms with Gasteiger partial charge in [-0.1, -0.05) is 6.92 Å². The molecule has 0 saturated carbocycles. The lowest BCUT2D eigenvalue weighted by Crippen LogP contribution is -2.39. The first-order valence-electron chi connectivity index (χ1n) is 8.69. The summed E-state index contributed by atoms with van der Waals surface area (Å²) in [7, 11) is 0. The van der Waals surface area contributed by atoms with Gasteiger partial charge in [0, 0.05) is 35.7 Å². The number of fused-ring (bicyclic) bond motifs is 1. The Labute approximate surface area is 147 Å². The Kier molecular flexibility index (Phi) is 5.79. The standard InChI is InChI=1S/C18H25N3O2S/c1-13-4-8-21(9-5-13)10-7-19-18(23)14-2-3-16-15(12-14)20-17(22)6-11-24-16/h2-3,12-13H,4-11H2,1H3,(H,19,23)(H,20,22). The van der Waals surface area contributed by atoms with Crippen molar-refractivity contribution in [1.29, 1.82) is 0 Å². The van der Waals surface area contributed by atoms with E-state index in [0.29, 0.717) is 18.5 Å². The third kappa shape index (κ3) is 4.51. The summed E-state index contributed by atoms with van der Waals surface area (Å²) >= 11 is 1.65. The third-order valence-electron chi connectivity index (χ3n) is 4.69. The van der Waals surface area contributed by atoms with Gasteiger partial charge in [0.05, 0.1) is 5.69 Å². The number of likely N-dealkylation sites (tertiary alicyclic amines) is 1. The van der Waals surface area contributed by atoms with Crippen LogP contribution < -0.4 is 10.6 Å². The van der Waals surface area contributed by atoms with Gasteiger partial charge < -0.3 is 15.5 Å². The molecule has 2 heterocycles. The second-order valence-electron chi connectivity index (χ2n) is 6.64. The van der Waals surface area contributed by atoms with Crippen LogP contribution in [-0.2, 0) is 4.79 Å². The average Bonchev–Trinajstić information content (AvgIpc) is 2.76. The monoisotopic (exact) mass is 347 g/mol. The highest BCUT2D eigenvalue weighted by Gasteiger charge is 2.17. The van der Waals surface area contributed by atoms with E-state index in [1.54, 1.807) is 17.8 Å². The van der Waals surface area contributed by atoms with Gasteiger partial charge in [0.2, 0.25) is 5.91 Å². The van der Waals surface area contributed by atoms with Crippen molar-refractivity contribution in [1.82, 2.24) is 10.2 Å². The van der Waals surface area contributed by atoms with Gasteiger partial charge in [-0.25, -0.2) is 0 Å². The van der Waals surface area contributed by atoms with Crippen molar-refractivity contribution in [3.8, 4) is 0 Å². The highest BCUT2D eigenvalue weighted by Crippen LogP contribution is 2.31. The number of anilines is 1. The minimum absolute atomic E-state index is 0.0122. The number of hydrogen-bond acceptors (Lipinski definition) is 4. The van der Waals surface area contributed by atoms with Crippen LogP contribution in [0, 0.1) is 5.92 Å². The number of piperidine rings is 1. The third-order valence-corrected chi connectivity index (χ3v) is 5.77. The van der Waals surface area contributed by atoms with E-state index in [0.717, 1.165) is 41.9 Å². The molecule has 5 nitrogen and oxygen atoms in total. The lowest BCUT2D eigenvalue weighted by molar-refractivity contribution is -0.115. The summed E-state index contributed by atoms with van der Waals surface area (Å²) in [4.78, 5) is 27.4. The minimum Gasteiger partial charge on any atom is -0.351 e. The maximum absolute atomic E-state index is 12.3. The Morgan fingerprint density at radius 1 is 1.38 bits per heavy atom. The molecule has 1 fully saturated rings. The fourth-order valence-electron chi connectivity index (χ4n) is 3.08. The van der Waals surface area contributed by atoms with Crippen molar-refractivity contribution >= 4 is 29.3 Å². The lowest BCUT2D eigenvalue weighted by atomic mass is 9.99. The molecule has 0 atom stereocenters. The van der Waals surface area contributed by atoms with Crippen LogP contribution in [0.15, 0.2) is 23.1 Å². The zero-order valence-corrected chi connectivity index (χ0v) is 15.0. The number of benzene rings is 1. The topological polar surface area (TPSA) is 61.4 Å². The highest BCUT2D eigenvalue weighted by atomic mass is 32.2. The molecule has 130 valence electrons. The summed E-state index contributed by atoms with van der Waals surface area (Å²) in [5.74, 6) is 1.53. The molecule has 0 spiro atoms. The van der Waals surface area contributed by atoms with Crippen LogP contribution in [0.1, 0.15) is 36.5 Å². The van der Waals surface area contributed by atoms with Gasteiger partial charge in [-0.3, -0.25) is 9.59 Å². The Bertz CT molecular complexity index is 612. The number of rotatable bonds is 4. The van der Waals surface area contributed by atoms with Crippen molar-refractivity contribution in [2.75, 3.05) is 37.2 Å². The van der Waals surface area contributed by atoms with Crippen molar-refractivity contribution < 1.29 is 9.59 Å². The average molecular weight is 347 g/mol. The van der Waals surface area contributed by atoms with Gasteiger partial charge in [0.15, 0.2) is 0 Å². The van der Waals surface area contributed by atoms with E-state index in [9.17, 15) is 9.59 Å². The first kappa shape index (κ1) is 17.3. The van der Waals surface area contributed by atoms with Gasteiger partial charge in [-0.15, -0.1) is 11.8 Å². The second kappa shape index (κ2) is 8.03. The molecule has 2 aliphatic heterocycles. The van der Waals surface area contributed by atoms with Gasteiger partial charge in [0.1, 0.15) is 0 Å². The molecular formula is C18H25N3O2S. The van der Waals surface area contributed by atoms with Crippen molar-refractivity contribution in [3.63, 3.8) is 0 Å². The zero-order chi connectivity index (χ0) is 16.9. The molecule has 0 bridgehead atoms. The Morgan fingerprint density at radius 3 is 2.96 bits per heavy atom.